The molecule has 1 spiro atoms. The van der Waals surface area contributed by atoms with Crippen molar-refractivity contribution in [1.82, 2.24) is 20.3 Å². The lowest BCUT2D eigenvalue weighted by molar-refractivity contribution is -0.138. The number of nitrogens with one attached hydrogen (secondary N) is 1. The minimum absolute atomic E-state index is 0.0110. The predicted octanol–water partition coefficient (Wildman–Crippen LogP) is 3.46. The molecular weight excluding hydrogens is 442 g/mol. The van der Waals surface area contributed by atoms with Gasteiger partial charge < -0.3 is 14.7 Å². The Morgan fingerprint density at radius 2 is 1.97 bits per heavy atom. The Labute approximate surface area is 197 Å². The lowest BCUT2D eigenvalue weighted by Crippen LogP contribution is -2.61. The van der Waals surface area contributed by atoms with Crippen LogP contribution in [0.3, 0.4) is 0 Å². The first kappa shape index (κ1) is 23.0. The number of rotatable bonds is 5. The standard InChI is InChI=1S/C25H30F2N4O3/c1-30(2)24(33)18-14-31(16-12-25(13-16)7-3-8-25)9-6-20(18)28-23(32)21-11-22(34-29-21)17-5-4-15(26)10-19(17)27/h4-5,10-11,16,18,20H,3,6-9,12-14H2,1-2H3,(H,28,32)/t18-,20-/m1/s1. The Morgan fingerprint density at radius 1 is 1.21 bits per heavy atom. The van der Waals surface area contributed by atoms with Crippen LogP contribution in [0.1, 0.15) is 49.0 Å². The van der Waals surface area contributed by atoms with Crippen LogP contribution in [-0.2, 0) is 4.79 Å². The van der Waals surface area contributed by atoms with Gasteiger partial charge >= 0.3 is 0 Å². The second-order valence-corrected chi connectivity index (χ2v) is 10.3. The second-order valence-electron chi connectivity index (χ2n) is 10.3. The highest BCUT2D eigenvalue weighted by atomic mass is 19.1. The summed E-state index contributed by atoms with van der Waals surface area (Å²) < 4.78 is 32.4. The molecule has 3 fully saturated rings. The van der Waals surface area contributed by atoms with E-state index in [1.807, 2.05) is 0 Å². The summed E-state index contributed by atoms with van der Waals surface area (Å²) in [7, 11) is 3.46. The molecule has 5 rings (SSSR count). The maximum atomic E-state index is 14.1. The normalized spacial score (nSPS) is 24.4. The molecule has 1 saturated heterocycles. The third kappa shape index (κ3) is 4.21. The van der Waals surface area contributed by atoms with E-state index >= 15 is 0 Å². The maximum Gasteiger partial charge on any atom is 0.273 e. The molecule has 2 aliphatic carbocycles. The average Bonchev–Trinajstić information content (AvgIpc) is 3.22. The highest BCUT2D eigenvalue weighted by Crippen LogP contribution is 2.57. The third-order valence-corrected chi connectivity index (χ3v) is 7.93. The van der Waals surface area contributed by atoms with Gasteiger partial charge in [0.15, 0.2) is 11.5 Å². The van der Waals surface area contributed by atoms with Crippen LogP contribution in [0.2, 0.25) is 0 Å². The Hall–Kier alpha value is -2.81. The van der Waals surface area contributed by atoms with Crippen LogP contribution >= 0.6 is 0 Å². The lowest BCUT2D eigenvalue weighted by Gasteiger charge is -2.58. The van der Waals surface area contributed by atoms with Crippen LogP contribution in [0.5, 0.6) is 0 Å². The van der Waals surface area contributed by atoms with Crippen molar-refractivity contribution in [1.29, 1.82) is 0 Å². The van der Waals surface area contributed by atoms with E-state index in [0.29, 0.717) is 24.4 Å². The van der Waals surface area contributed by atoms with Crippen LogP contribution < -0.4 is 5.32 Å². The molecule has 0 unspecified atom stereocenters. The summed E-state index contributed by atoms with van der Waals surface area (Å²) in [6, 6.07) is 4.62. The zero-order valence-corrected chi connectivity index (χ0v) is 19.5. The van der Waals surface area contributed by atoms with Gasteiger partial charge in [0.05, 0.1) is 11.5 Å². The molecule has 9 heteroatoms. The quantitative estimate of drug-likeness (QED) is 0.721. The number of likely N-dealkylation sites (tertiary alicyclic amines) is 1. The maximum absolute atomic E-state index is 14.1. The summed E-state index contributed by atoms with van der Waals surface area (Å²) >= 11 is 0. The highest BCUT2D eigenvalue weighted by Gasteiger charge is 2.51. The first-order chi connectivity index (χ1) is 16.2. The summed E-state index contributed by atoms with van der Waals surface area (Å²) in [4.78, 5) is 29.9. The van der Waals surface area contributed by atoms with Gasteiger partial charge in [-0.25, -0.2) is 8.78 Å². The molecule has 2 aromatic rings. The fourth-order valence-corrected chi connectivity index (χ4v) is 5.79. The van der Waals surface area contributed by atoms with Crippen molar-refractivity contribution in [3.8, 4) is 11.3 Å². The van der Waals surface area contributed by atoms with Crippen molar-refractivity contribution >= 4 is 11.8 Å². The molecule has 182 valence electrons. The number of benzene rings is 1. The fourth-order valence-electron chi connectivity index (χ4n) is 5.79. The van der Waals surface area contributed by atoms with Gasteiger partial charge in [0.2, 0.25) is 5.91 Å². The van der Waals surface area contributed by atoms with Crippen molar-refractivity contribution in [2.24, 2.45) is 11.3 Å². The topological polar surface area (TPSA) is 78.7 Å². The number of carbonyl (C=O) groups excluding carboxylic acids is 2. The summed E-state index contributed by atoms with van der Waals surface area (Å²) in [6.45, 7) is 1.45. The van der Waals surface area contributed by atoms with Crippen molar-refractivity contribution in [3.63, 3.8) is 0 Å². The number of piperidine rings is 1. The molecule has 2 amide bonds. The summed E-state index contributed by atoms with van der Waals surface area (Å²) in [5.74, 6) is -2.32. The van der Waals surface area contributed by atoms with Gasteiger partial charge in [-0.3, -0.25) is 14.5 Å². The smallest absolute Gasteiger partial charge is 0.273 e. The van der Waals surface area contributed by atoms with Crippen molar-refractivity contribution < 1.29 is 22.9 Å². The Kier molecular flexibility index (Phi) is 5.91. The number of aromatic nitrogens is 1. The van der Waals surface area contributed by atoms with E-state index in [1.54, 1.807) is 19.0 Å². The van der Waals surface area contributed by atoms with E-state index in [9.17, 15) is 18.4 Å². The summed E-state index contributed by atoms with van der Waals surface area (Å²) in [5.41, 5.74) is 0.570. The molecule has 1 aromatic carbocycles. The number of halogens is 2. The number of amides is 2. The van der Waals surface area contributed by atoms with Crippen LogP contribution in [0.4, 0.5) is 8.78 Å². The number of hydrogen-bond donors (Lipinski definition) is 1. The number of carbonyl (C=O) groups is 2. The average molecular weight is 473 g/mol. The fraction of sp³-hybridized carbons (Fsp3) is 0.560. The van der Waals surface area contributed by atoms with Gasteiger partial charge in [0, 0.05) is 51.4 Å². The third-order valence-electron chi connectivity index (χ3n) is 7.93. The van der Waals surface area contributed by atoms with Gasteiger partial charge in [-0.2, -0.15) is 0 Å². The molecular formula is C25H30F2N4O3. The molecule has 0 radical (unpaired) electrons. The van der Waals surface area contributed by atoms with Crippen molar-refractivity contribution in [2.75, 3.05) is 27.2 Å². The van der Waals surface area contributed by atoms with Crippen LogP contribution in [-0.4, -0.2) is 66.0 Å². The van der Waals surface area contributed by atoms with Crippen LogP contribution in [0.25, 0.3) is 11.3 Å². The zero-order valence-electron chi connectivity index (χ0n) is 19.5. The molecule has 0 bridgehead atoms. The van der Waals surface area contributed by atoms with E-state index in [4.69, 9.17) is 4.52 Å². The molecule has 1 N–H and O–H groups in total. The van der Waals surface area contributed by atoms with Crippen LogP contribution in [0, 0.1) is 23.0 Å². The van der Waals surface area contributed by atoms with Gasteiger partial charge in [0.1, 0.15) is 11.6 Å². The van der Waals surface area contributed by atoms with Gasteiger partial charge in [0.25, 0.3) is 5.91 Å². The molecule has 2 atom stereocenters. The molecule has 34 heavy (non-hydrogen) atoms. The Bertz CT molecular complexity index is 1090. The molecule has 2 heterocycles. The van der Waals surface area contributed by atoms with E-state index in [1.165, 1.54) is 44.2 Å². The predicted molar refractivity (Wildman–Crippen MR) is 121 cm³/mol. The SMILES string of the molecule is CN(C)C(=O)[C@@H]1CN(C2CC3(CCC3)C2)CC[C@H]1NC(=O)c1cc(-c2ccc(F)cc2F)on1. The largest absolute Gasteiger partial charge is 0.355 e. The molecule has 1 aliphatic heterocycles. The van der Waals surface area contributed by atoms with E-state index in [-0.39, 0.29) is 34.9 Å². The Morgan fingerprint density at radius 3 is 2.62 bits per heavy atom. The first-order valence-electron chi connectivity index (χ1n) is 11.9. The van der Waals surface area contributed by atoms with Crippen molar-refractivity contribution in [2.45, 2.75) is 50.6 Å². The second kappa shape index (κ2) is 8.76. The van der Waals surface area contributed by atoms with Crippen LogP contribution in [0.15, 0.2) is 28.8 Å². The summed E-state index contributed by atoms with van der Waals surface area (Å²) in [5, 5.41) is 6.72. The number of nitrogens with zero attached hydrogens (tertiary/aromatic N) is 3. The zero-order chi connectivity index (χ0) is 24.0. The summed E-state index contributed by atoms with van der Waals surface area (Å²) in [6.07, 6.45) is 7.09. The number of hydrogen-bond acceptors (Lipinski definition) is 5. The van der Waals surface area contributed by atoms with Gasteiger partial charge in [-0.05, 0) is 49.7 Å². The van der Waals surface area contributed by atoms with E-state index < -0.39 is 17.5 Å². The van der Waals surface area contributed by atoms with Crippen molar-refractivity contribution in [3.05, 3.63) is 41.6 Å². The Balaban J connectivity index is 1.26. The molecule has 1 aromatic heterocycles. The molecule has 7 nitrogen and oxygen atoms in total. The van der Waals surface area contributed by atoms with E-state index in [0.717, 1.165) is 18.7 Å². The van der Waals surface area contributed by atoms with Gasteiger partial charge in [-0.1, -0.05) is 11.6 Å². The molecule has 3 aliphatic rings. The monoisotopic (exact) mass is 472 g/mol. The van der Waals surface area contributed by atoms with Gasteiger partial charge in [-0.15, -0.1) is 0 Å². The minimum Gasteiger partial charge on any atom is -0.355 e. The minimum atomic E-state index is -0.799. The lowest BCUT2D eigenvalue weighted by atomic mass is 9.53. The first-order valence-corrected chi connectivity index (χ1v) is 11.9. The highest BCUT2D eigenvalue weighted by molar-refractivity contribution is 5.94. The molecule has 2 saturated carbocycles. The van der Waals surface area contributed by atoms with E-state index in [2.05, 4.69) is 15.4 Å².